The van der Waals surface area contributed by atoms with Gasteiger partial charge in [0.05, 0.1) is 0 Å². The van der Waals surface area contributed by atoms with Gasteiger partial charge >= 0.3 is 0 Å². The number of hydrogen-bond acceptors (Lipinski definition) is 1. The van der Waals surface area contributed by atoms with E-state index in [0.29, 0.717) is 5.41 Å². The molecule has 1 nitrogen and oxygen atoms in total. The molecule has 1 aromatic rings. The van der Waals surface area contributed by atoms with Crippen molar-refractivity contribution in [3.05, 3.63) is 35.4 Å². The van der Waals surface area contributed by atoms with Crippen LogP contribution < -0.4 is 5.73 Å². The summed E-state index contributed by atoms with van der Waals surface area (Å²) in [6, 6.07) is 9.26. The lowest BCUT2D eigenvalue weighted by Gasteiger charge is -2.16. The summed E-state index contributed by atoms with van der Waals surface area (Å²) < 4.78 is 0. The zero-order valence-corrected chi connectivity index (χ0v) is 9.91. The largest absolute Gasteiger partial charge is 0.330 e. The molecular weight excluding hydrogens is 194 g/mol. The lowest BCUT2D eigenvalue weighted by Crippen LogP contribution is -2.19. The first-order chi connectivity index (χ1) is 7.84. The molecule has 0 amide bonds. The van der Waals surface area contributed by atoms with Crippen LogP contribution in [-0.4, -0.2) is 6.54 Å². The maximum atomic E-state index is 5.90. The Labute approximate surface area is 98.0 Å². The van der Waals surface area contributed by atoms with Gasteiger partial charge in [-0.1, -0.05) is 37.1 Å². The smallest absolute Gasteiger partial charge is 0.00763 e. The fourth-order valence-electron chi connectivity index (χ4n) is 3.14. The van der Waals surface area contributed by atoms with Crippen molar-refractivity contribution in [2.75, 3.05) is 6.54 Å². The van der Waals surface area contributed by atoms with Crippen LogP contribution in [0.25, 0.3) is 0 Å². The van der Waals surface area contributed by atoms with Crippen molar-refractivity contribution in [2.24, 2.45) is 5.73 Å². The second-order valence-electron chi connectivity index (χ2n) is 5.59. The third kappa shape index (κ3) is 1.67. The van der Waals surface area contributed by atoms with E-state index in [9.17, 15) is 0 Å². The highest BCUT2D eigenvalue weighted by molar-refractivity contribution is 5.36. The molecule has 3 rings (SSSR count). The van der Waals surface area contributed by atoms with Crippen LogP contribution in [0.5, 0.6) is 0 Å². The summed E-state index contributed by atoms with van der Waals surface area (Å²) in [6.07, 6.45) is 8.18. The maximum absolute atomic E-state index is 5.90. The van der Waals surface area contributed by atoms with Crippen molar-refractivity contribution in [1.29, 1.82) is 0 Å². The zero-order valence-electron chi connectivity index (χ0n) is 9.91. The van der Waals surface area contributed by atoms with E-state index in [0.717, 1.165) is 12.5 Å². The lowest BCUT2D eigenvalue weighted by molar-refractivity contribution is 0.689. The second-order valence-corrected chi connectivity index (χ2v) is 5.59. The number of benzene rings is 1. The molecule has 2 aliphatic carbocycles. The predicted octanol–water partition coefficient (Wildman–Crippen LogP) is 3.33. The van der Waals surface area contributed by atoms with Crippen LogP contribution in [-0.2, 0) is 5.41 Å². The van der Waals surface area contributed by atoms with Gasteiger partial charge < -0.3 is 5.73 Å². The molecule has 0 saturated heterocycles. The van der Waals surface area contributed by atoms with Gasteiger partial charge in [-0.05, 0) is 42.7 Å². The van der Waals surface area contributed by atoms with Crippen molar-refractivity contribution in [1.82, 2.24) is 0 Å². The predicted molar refractivity (Wildman–Crippen MR) is 67.6 cm³/mol. The molecule has 16 heavy (non-hydrogen) atoms. The first-order valence-electron chi connectivity index (χ1n) is 6.65. The topological polar surface area (TPSA) is 26.0 Å². The standard InChI is InChI=1S/C15H21N/c16-11-15(8-9-15)14-7-3-6-13(10-14)12-4-1-2-5-12/h3,6-7,10,12H,1-2,4-5,8-9,11,16H2. The van der Waals surface area contributed by atoms with Gasteiger partial charge in [-0.15, -0.1) is 0 Å². The second kappa shape index (κ2) is 3.89. The molecule has 2 aliphatic rings. The molecule has 2 N–H and O–H groups in total. The van der Waals surface area contributed by atoms with Gasteiger partial charge in [0.1, 0.15) is 0 Å². The van der Waals surface area contributed by atoms with Gasteiger partial charge in [0.2, 0.25) is 0 Å². The van der Waals surface area contributed by atoms with Gasteiger partial charge in [0, 0.05) is 12.0 Å². The summed E-state index contributed by atoms with van der Waals surface area (Å²) >= 11 is 0. The molecular formula is C15H21N. The molecule has 2 saturated carbocycles. The fourth-order valence-corrected chi connectivity index (χ4v) is 3.14. The summed E-state index contributed by atoms with van der Waals surface area (Å²) in [7, 11) is 0. The molecule has 0 heterocycles. The molecule has 0 unspecified atom stereocenters. The van der Waals surface area contributed by atoms with Crippen LogP contribution in [0, 0.1) is 0 Å². The lowest BCUT2D eigenvalue weighted by atomic mass is 9.90. The van der Waals surface area contributed by atoms with Gasteiger partial charge in [-0.25, -0.2) is 0 Å². The molecule has 0 bridgehead atoms. The highest BCUT2D eigenvalue weighted by Crippen LogP contribution is 2.48. The minimum Gasteiger partial charge on any atom is -0.330 e. The van der Waals surface area contributed by atoms with Crippen molar-refractivity contribution in [2.45, 2.75) is 49.9 Å². The SMILES string of the molecule is NCC1(c2cccc(C3CCCC3)c2)CC1. The molecule has 86 valence electrons. The summed E-state index contributed by atoms with van der Waals surface area (Å²) in [5, 5.41) is 0. The Morgan fingerprint density at radius 3 is 2.56 bits per heavy atom. The fraction of sp³-hybridized carbons (Fsp3) is 0.600. The van der Waals surface area contributed by atoms with Gasteiger partial charge in [0.25, 0.3) is 0 Å². The highest BCUT2D eigenvalue weighted by Gasteiger charge is 2.42. The van der Waals surface area contributed by atoms with E-state index in [1.165, 1.54) is 44.1 Å². The Kier molecular flexibility index (Phi) is 2.51. The zero-order chi connectivity index (χ0) is 11.0. The maximum Gasteiger partial charge on any atom is 0.00763 e. The van der Waals surface area contributed by atoms with E-state index in [1.54, 1.807) is 5.56 Å². The van der Waals surface area contributed by atoms with Crippen LogP contribution in [0.3, 0.4) is 0 Å². The Hall–Kier alpha value is -0.820. The third-order valence-corrected chi connectivity index (χ3v) is 4.57. The first kappa shape index (κ1) is 10.3. The van der Waals surface area contributed by atoms with E-state index in [4.69, 9.17) is 5.73 Å². The van der Waals surface area contributed by atoms with Crippen molar-refractivity contribution < 1.29 is 0 Å². The quantitative estimate of drug-likeness (QED) is 0.822. The highest BCUT2D eigenvalue weighted by atomic mass is 14.7. The Balaban J connectivity index is 1.87. The first-order valence-corrected chi connectivity index (χ1v) is 6.65. The minimum atomic E-state index is 0.356. The minimum absolute atomic E-state index is 0.356. The van der Waals surface area contributed by atoms with Crippen LogP contribution in [0.2, 0.25) is 0 Å². The van der Waals surface area contributed by atoms with Crippen LogP contribution >= 0.6 is 0 Å². The van der Waals surface area contributed by atoms with E-state index in [2.05, 4.69) is 24.3 Å². The summed E-state index contributed by atoms with van der Waals surface area (Å²) in [5.41, 5.74) is 9.32. The Morgan fingerprint density at radius 2 is 1.94 bits per heavy atom. The monoisotopic (exact) mass is 215 g/mol. The average Bonchev–Trinajstić information content (AvgIpc) is 2.95. The Morgan fingerprint density at radius 1 is 1.19 bits per heavy atom. The molecule has 0 atom stereocenters. The Bertz CT molecular complexity index is 373. The van der Waals surface area contributed by atoms with E-state index in [1.807, 2.05) is 0 Å². The van der Waals surface area contributed by atoms with Gasteiger partial charge in [-0.2, -0.15) is 0 Å². The van der Waals surface area contributed by atoms with Gasteiger partial charge in [0.15, 0.2) is 0 Å². The van der Waals surface area contributed by atoms with Crippen LogP contribution in [0.1, 0.15) is 55.6 Å². The summed E-state index contributed by atoms with van der Waals surface area (Å²) in [5.74, 6) is 0.827. The number of hydrogen-bond donors (Lipinski definition) is 1. The van der Waals surface area contributed by atoms with Crippen molar-refractivity contribution >= 4 is 0 Å². The van der Waals surface area contributed by atoms with Crippen molar-refractivity contribution in [3.63, 3.8) is 0 Å². The molecule has 1 heteroatoms. The molecule has 0 aromatic heterocycles. The molecule has 1 aromatic carbocycles. The summed E-state index contributed by atoms with van der Waals surface area (Å²) in [6.45, 7) is 0.821. The van der Waals surface area contributed by atoms with Crippen LogP contribution in [0.15, 0.2) is 24.3 Å². The third-order valence-electron chi connectivity index (χ3n) is 4.57. The van der Waals surface area contributed by atoms with E-state index >= 15 is 0 Å². The molecule has 2 fully saturated rings. The molecule has 0 spiro atoms. The number of rotatable bonds is 3. The van der Waals surface area contributed by atoms with Crippen LogP contribution in [0.4, 0.5) is 0 Å². The number of nitrogens with two attached hydrogens (primary N) is 1. The normalized spacial score (nSPS) is 23.6. The average molecular weight is 215 g/mol. The molecule has 0 radical (unpaired) electrons. The van der Waals surface area contributed by atoms with E-state index < -0.39 is 0 Å². The molecule has 0 aliphatic heterocycles. The summed E-state index contributed by atoms with van der Waals surface area (Å²) in [4.78, 5) is 0. The van der Waals surface area contributed by atoms with E-state index in [-0.39, 0.29) is 0 Å². The van der Waals surface area contributed by atoms with Gasteiger partial charge in [-0.3, -0.25) is 0 Å². The van der Waals surface area contributed by atoms with Crippen molar-refractivity contribution in [3.8, 4) is 0 Å².